The fraction of sp³-hybridized carbons (Fsp3) is 0.176. The molecule has 2 aromatic rings. The van der Waals surface area contributed by atoms with Gasteiger partial charge in [0, 0.05) is 5.69 Å². The van der Waals surface area contributed by atoms with E-state index in [0.29, 0.717) is 16.9 Å². The second kappa shape index (κ2) is 7.84. The number of ether oxygens (including phenoxy) is 1. The number of carboxylic acid groups (broad SMARTS) is 1. The zero-order valence-corrected chi connectivity index (χ0v) is 12.7. The lowest BCUT2D eigenvalue weighted by molar-refractivity contribution is 0.0527. The van der Waals surface area contributed by atoms with Crippen LogP contribution in [0.15, 0.2) is 54.6 Å². The Kier molecular flexibility index (Phi) is 5.57. The molecule has 23 heavy (non-hydrogen) atoms. The second-order valence-electron chi connectivity index (χ2n) is 4.65. The highest BCUT2D eigenvalue weighted by Gasteiger charge is 2.16. The smallest absolute Gasteiger partial charge is 0.413 e. The lowest BCUT2D eigenvalue weighted by Crippen LogP contribution is -2.34. The van der Waals surface area contributed by atoms with Crippen molar-refractivity contribution in [1.29, 1.82) is 0 Å². The first-order valence-corrected chi connectivity index (χ1v) is 7.19. The molecule has 1 amide bonds. The predicted molar refractivity (Wildman–Crippen MR) is 87.8 cm³/mol. The maximum Gasteiger partial charge on any atom is 0.413 e. The van der Waals surface area contributed by atoms with Crippen LogP contribution in [0.4, 0.5) is 16.2 Å². The number of carbonyl (C=O) groups excluding carboxylic acids is 1. The molecule has 0 aliphatic carbocycles. The van der Waals surface area contributed by atoms with E-state index in [1.165, 1.54) is 0 Å². The highest BCUT2D eigenvalue weighted by molar-refractivity contribution is 5.96. The van der Waals surface area contributed by atoms with Gasteiger partial charge in [-0.05, 0) is 31.2 Å². The van der Waals surface area contributed by atoms with Crippen LogP contribution in [0.1, 0.15) is 17.3 Å². The molecule has 0 aromatic heterocycles. The summed E-state index contributed by atoms with van der Waals surface area (Å²) in [6.07, 6.45) is -1.09. The summed E-state index contributed by atoms with van der Waals surface area (Å²) < 4.78 is 5.00. The maximum atomic E-state index is 11.9. The van der Waals surface area contributed by atoms with Crippen molar-refractivity contribution in [3.8, 4) is 0 Å². The van der Waals surface area contributed by atoms with Crippen LogP contribution in [0.2, 0.25) is 0 Å². The monoisotopic (exact) mass is 314 g/mol. The van der Waals surface area contributed by atoms with Gasteiger partial charge in [-0.1, -0.05) is 30.3 Å². The van der Waals surface area contributed by atoms with Gasteiger partial charge in [0.2, 0.25) is 0 Å². The second-order valence-corrected chi connectivity index (χ2v) is 4.65. The average Bonchev–Trinajstić information content (AvgIpc) is 2.56. The van der Waals surface area contributed by atoms with E-state index in [0.717, 1.165) is 4.90 Å². The Labute approximate surface area is 134 Å². The minimum atomic E-state index is -1.09. The molecule has 2 rings (SSSR count). The first kappa shape index (κ1) is 16.4. The molecule has 0 saturated heterocycles. The Hall–Kier alpha value is -3.02. The predicted octanol–water partition coefficient (Wildman–Crippen LogP) is 3.42. The summed E-state index contributed by atoms with van der Waals surface area (Å²) in [5.41, 5.74) is 1.43. The standard InChI is InChI=1S/C17H18N2O4/c1-2-23-16(20)14-10-6-7-11-15(14)18-12-19(17(21)22)13-8-4-3-5-9-13/h3-11,18H,2,12H2,1H3,(H,21,22). The molecule has 0 saturated carbocycles. The van der Waals surface area contributed by atoms with E-state index in [2.05, 4.69) is 5.32 Å². The molecule has 0 heterocycles. The summed E-state index contributed by atoms with van der Waals surface area (Å²) in [4.78, 5) is 24.5. The third-order valence-electron chi connectivity index (χ3n) is 3.15. The molecule has 2 aromatic carbocycles. The molecule has 0 aliphatic heterocycles. The van der Waals surface area contributed by atoms with E-state index in [1.807, 2.05) is 6.07 Å². The molecule has 2 N–H and O–H groups in total. The van der Waals surface area contributed by atoms with Gasteiger partial charge in [0.15, 0.2) is 0 Å². The van der Waals surface area contributed by atoms with Gasteiger partial charge < -0.3 is 15.2 Å². The highest BCUT2D eigenvalue weighted by atomic mass is 16.5. The van der Waals surface area contributed by atoms with E-state index in [4.69, 9.17) is 4.74 Å². The van der Waals surface area contributed by atoms with Gasteiger partial charge in [-0.2, -0.15) is 0 Å². The first-order chi connectivity index (χ1) is 11.1. The van der Waals surface area contributed by atoms with Crippen molar-refractivity contribution < 1.29 is 19.4 Å². The van der Waals surface area contributed by atoms with Crippen LogP contribution in [-0.2, 0) is 4.74 Å². The minimum Gasteiger partial charge on any atom is -0.465 e. The van der Waals surface area contributed by atoms with Gasteiger partial charge in [0.25, 0.3) is 0 Å². The van der Waals surface area contributed by atoms with E-state index >= 15 is 0 Å². The lowest BCUT2D eigenvalue weighted by atomic mass is 10.2. The Bertz CT molecular complexity index is 673. The molecular weight excluding hydrogens is 296 g/mol. The molecular formula is C17H18N2O4. The highest BCUT2D eigenvalue weighted by Crippen LogP contribution is 2.18. The van der Waals surface area contributed by atoms with Crippen molar-refractivity contribution >= 4 is 23.4 Å². The molecule has 0 spiro atoms. The van der Waals surface area contributed by atoms with Crippen LogP contribution in [0, 0.1) is 0 Å². The van der Waals surface area contributed by atoms with Gasteiger partial charge in [-0.15, -0.1) is 0 Å². The Balaban J connectivity index is 2.16. The van der Waals surface area contributed by atoms with Crippen LogP contribution in [0.3, 0.4) is 0 Å². The summed E-state index contributed by atoms with van der Waals surface area (Å²) in [5.74, 6) is -0.447. The number of nitrogens with one attached hydrogen (secondary N) is 1. The topological polar surface area (TPSA) is 78.9 Å². The number of esters is 1. The maximum absolute atomic E-state index is 11.9. The number of hydrogen-bond acceptors (Lipinski definition) is 4. The molecule has 0 atom stereocenters. The summed E-state index contributed by atoms with van der Waals surface area (Å²) in [5, 5.41) is 12.3. The average molecular weight is 314 g/mol. The molecule has 6 nitrogen and oxygen atoms in total. The third kappa shape index (κ3) is 4.23. The molecule has 0 radical (unpaired) electrons. The first-order valence-electron chi connectivity index (χ1n) is 7.19. The Morgan fingerprint density at radius 2 is 1.74 bits per heavy atom. The van der Waals surface area contributed by atoms with Crippen LogP contribution in [-0.4, -0.2) is 30.4 Å². The van der Waals surface area contributed by atoms with Gasteiger partial charge in [-0.25, -0.2) is 9.59 Å². The number of amides is 1. The van der Waals surface area contributed by atoms with E-state index < -0.39 is 12.1 Å². The van der Waals surface area contributed by atoms with E-state index in [-0.39, 0.29) is 13.3 Å². The molecule has 0 aliphatic rings. The molecule has 0 unspecified atom stereocenters. The van der Waals surface area contributed by atoms with Crippen molar-refractivity contribution in [2.45, 2.75) is 6.92 Å². The largest absolute Gasteiger partial charge is 0.465 e. The summed E-state index contributed by atoms with van der Waals surface area (Å²) in [7, 11) is 0. The molecule has 6 heteroatoms. The van der Waals surface area contributed by atoms with Gasteiger partial charge in [-0.3, -0.25) is 4.90 Å². The third-order valence-corrected chi connectivity index (χ3v) is 3.15. The number of benzene rings is 2. The number of carbonyl (C=O) groups is 2. The van der Waals surface area contributed by atoms with E-state index in [9.17, 15) is 14.7 Å². The zero-order chi connectivity index (χ0) is 16.7. The van der Waals surface area contributed by atoms with Crippen molar-refractivity contribution in [3.63, 3.8) is 0 Å². The van der Waals surface area contributed by atoms with Crippen LogP contribution < -0.4 is 10.2 Å². The SMILES string of the molecule is CCOC(=O)c1ccccc1NCN(C(=O)O)c1ccccc1. The van der Waals surface area contributed by atoms with Crippen LogP contribution in [0.25, 0.3) is 0 Å². The number of nitrogens with zero attached hydrogens (tertiary/aromatic N) is 1. The van der Waals surface area contributed by atoms with Gasteiger partial charge >= 0.3 is 12.1 Å². The quantitative estimate of drug-likeness (QED) is 0.631. The summed E-state index contributed by atoms with van der Waals surface area (Å²) in [6.45, 7) is 2.02. The number of hydrogen-bond donors (Lipinski definition) is 2. The van der Waals surface area contributed by atoms with Gasteiger partial charge in [0.1, 0.15) is 0 Å². The van der Waals surface area contributed by atoms with Crippen molar-refractivity contribution in [1.82, 2.24) is 0 Å². The zero-order valence-electron chi connectivity index (χ0n) is 12.7. The van der Waals surface area contributed by atoms with Crippen molar-refractivity contribution in [2.24, 2.45) is 0 Å². The van der Waals surface area contributed by atoms with Crippen molar-refractivity contribution in [2.75, 3.05) is 23.5 Å². The van der Waals surface area contributed by atoms with Crippen LogP contribution >= 0.6 is 0 Å². The van der Waals surface area contributed by atoms with Crippen LogP contribution in [0.5, 0.6) is 0 Å². The molecule has 0 bridgehead atoms. The Morgan fingerprint density at radius 3 is 2.39 bits per heavy atom. The van der Waals surface area contributed by atoms with E-state index in [1.54, 1.807) is 55.5 Å². The number of anilines is 2. The summed E-state index contributed by atoms with van der Waals surface area (Å²) >= 11 is 0. The lowest BCUT2D eigenvalue weighted by Gasteiger charge is -2.21. The van der Waals surface area contributed by atoms with Gasteiger partial charge in [0.05, 0.1) is 24.5 Å². The fourth-order valence-corrected chi connectivity index (χ4v) is 2.07. The van der Waals surface area contributed by atoms with Crippen molar-refractivity contribution in [3.05, 3.63) is 60.2 Å². The summed E-state index contributed by atoms with van der Waals surface area (Å²) in [6, 6.07) is 15.6. The minimum absolute atomic E-state index is 0.00969. The number of para-hydroxylation sites is 2. The normalized spacial score (nSPS) is 9.96. The Morgan fingerprint density at radius 1 is 1.09 bits per heavy atom. The number of rotatable bonds is 6. The fourth-order valence-electron chi connectivity index (χ4n) is 2.07. The molecule has 0 fully saturated rings. The molecule has 120 valence electrons.